The fourth-order valence-electron chi connectivity index (χ4n) is 3.36. The summed E-state index contributed by atoms with van der Waals surface area (Å²) in [7, 11) is 0. The average Bonchev–Trinajstić information content (AvgIpc) is 2.60. The molecule has 0 fully saturated rings. The zero-order valence-corrected chi connectivity index (χ0v) is 11.3. The number of aliphatic hydroxyl groups excluding tert-OH is 1. The molecule has 0 bridgehead atoms. The number of aliphatic imine (C=N–C) groups is 1. The normalized spacial score (nSPS) is 22.0. The summed E-state index contributed by atoms with van der Waals surface area (Å²) in [5, 5.41) is 12.1. The second kappa shape index (κ2) is 4.09. The number of aromatic nitrogens is 1. The molecule has 0 amide bonds. The molecule has 1 aromatic heterocycles. The minimum atomic E-state index is -0.406. The molecule has 19 heavy (non-hydrogen) atoms. The van der Waals surface area contributed by atoms with E-state index in [1.165, 1.54) is 16.6 Å². The number of hydrogen-bond acceptors (Lipinski definition) is 2. The van der Waals surface area contributed by atoms with E-state index in [2.05, 4.69) is 15.6 Å². The van der Waals surface area contributed by atoms with Crippen LogP contribution in [0.4, 0.5) is 0 Å². The lowest BCUT2D eigenvalue weighted by molar-refractivity contribution is 0.166. The Labute approximate surface area is 116 Å². The summed E-state index contributed by atoms with van der Waals surface area (Å²) >= 11 is 6.14. The standard InChI is InChI=1S/C15H15ClN2O/c16-9-4-5-11-12-2-1-3-13-15(12)18(14(11)6-9)8-10(19)7-17-13/h4-6,10,19H,1-3,7-8H2/t10-/m0/s1. The highest BCUT2D eigenvalue weighted by atomic mass is 35.5. The van der Waals surface area contributed by atoms with E-state index in [1.54, 1.807) is 0 Å². The van der Waals surface area contributed by atoms with Gasteiger partial charge in [0.2, 0.25) is 0 Å². The zero-order chi connectivity index (χ0) is 13.0. The Morgan fingerprint density at radius 2 is 2.21 bits per heavy atom. The first-order chi connectivity index (χ1) is 9.24. The SMILES string of the molecule is O[C@H]1CN=C2CCCc3c2n(c2cc(Cl)ccc32)C1. The van der Waals surface area contributed by atoms with E-state index in [1.807, 2.05) is 12.1 Å². The van der Waals surface area contributed by atoms with Crippen molar-refractivity contribution in [2.75, 3.05) is 6.54 Å². The number of benzene rings is 1. The van der Waals surface area contributed by atoms with E-state index >= 15 is 0 Å². The van der Waals surface area contributed by atoms with Crippen LogP contribution in [-0.2, 0) is 13.0 Å². The number of aryl methyl sites for hydroxylation is 1. The van der Waals surface area contributed by atoms with Crippen LogP contribution in [0.3, 0.4) is 0 Å². The third kappa shape index (κ3) is 1.65. The molecule has 0 saturated heterocycles. The highest BCUT2D eigenvalue weighted by molar-refractivity contribution is 6.31. The maximum Gasteiger partial charge on any atom is 0.0914 e. The van der Waals surface area contributed by atoms with E-state index in [4.69, 9.17) is 11.6 Å². The number of fused-ring (bicyclic) bond motifs is 3. The van der Waals surface area contributed by atoms with Crippen LogP contribution < -0.4 is 0 Å². The first-order valence-corrected chi connectivity index (χ1v) is 7.14. The maximum atomic E-state index is 10.0. The van der Waals surface area contributed by atoms with E-state index in [0.29, 0.717) is 13.1 Å². The minimum absolute atomic E-state index is 0.406. The van der Waals surface area contributed by atoms with Crippen molar-refractivity contribution < 1.29 is 5.11 Å². The molecule has 0 saturated carbocycles. The van der Waals surface area contributed by atoms with Crippen molar-refractivity contribution in [3.63, 3.8) is 0 Å². The molecule has 0 spiro atoms. The van der Waals surface area contributed by atoms with Gasteiger partial charge in [-0.15, -0.1) is 0 Å². The predicted octanol–water partition coefficient (Wildman–Crippen LogP) is 2.79. The van der Waals surface area contributed by atoms with E-state index in [0.717, 1.165) is 35.5 Å². The molecule has 3 nitrogen and oxygen atoms in total. The maximum absolute atomic E-state index is 10.0. The Morgan fingerprint density at radius 3 is 3.11 bits per heavy atom. The number of nitrogens with zero attached hydrogens (tertiary/aromatic N) is 2. The van der Waals surface area contributed by atoms with Gasteiger partial charge in [0.1, 0.15) is 0 Å². The van der Waals surface area contributed by atoms with Crippen molar-refractivity contribution in [2.24, 2.45) is 4.99 Å². The van der Waals surface area contributed by atoms with Crippen LogP contribution in [0.25, 0.3) is 10.9 Å². The van der Waals surface area contributed by atoms with Gasteiger partial charge in [0.25, 0.3) is 0 Å². The molecule has 98 valence electrons. The topological polar surface area (TPSA) is 37.5 Å². The lowest BCUT2D eigenvalue weighted by Gasteiger charge is -2.16. The van der Waals surface area contributed by atoms with Gasteiger partial charge in [-0.3, -0.25) is 4.99 Å². The molecule has 1 N–H and O–H groups in total. The lowest BCUT2D eigenvalue weighted by Crippen LogP contribution is -2.18. The number of rotatable bonds is 0. The molecule has 1 atom stereocenters. The summed E-state index contributed by atoms with van der Waals surface area (Å²) in [5.41, 5.74) is 4.91. The average molecular weight is 275 g/mol. The van der Waals surface area contributed by atoms with Crippen LogP contribution in [0.5, 0.6) is 0 Å². The fourth-order valence-corrected chi connectivity index (χ4v) is 3.52. The van der Waals surface area contributed by atoms with Crippen molar-refractivity contribution in [2.45, 2.75) is 31.9 Å². The fraction of sp³-hybridized carbons (Fsp3) is 0.400. The second-order valence-electron chi connectivity index (χ2n) is 5.39. The third-order valence-corrected chi connectivity index (χ3v) is 4.37. The summed E-state index contributed by atoms with van der Waals surface area (Å²) in [6.45, 7) is 1.12. The number of aliphatic hydroxyl groups is 1. The lowest BCUT2D eigenvalue weighted by atomic mass is 9.94. The smallest absolute Gasteiger partial charge is 0.0914 e. The van der Waals surface area contributed by atoms with Crippen molar-refractivity contribution in [1.29, 1.82) is 0 Å². The summed E-state index contributed by atoms with van der Waals surface area (Å²) < 4.78 is 2.21. The molecule has 2 aromatic rings. The third-order valence-electron chi connectivity index (χ3n) is 4.13. The van der Waals surface area contributed by atoms with Crippen molar-refractivity contribution in [3.8, 4) is 0 Å². The summed E-state index contributed by atoms with van der Waals surface area (Å²) in [6, 6.07) is 6.05. The monoisotopic (exact) mass is 274 g/mol. The van der Waals surface area contributed by atoms with Crippen LogP contribution in [0, 0.1) is 0 Å². The Bertz CT molecular complexity index is 702. The predicted molar refractivity (Wildman–Crippen MR) is 77.3 cm³/mol. The van der Waals surface area contributed by atoms with Crippen LogP contribution in [-0.4, -0.2) is 28.0 Å². The van der Waals surface area contributed by atoms with Gasteiger partial charge in [0, 0.05) is 10.4 Å². The van der Waals surface area contributed by atoms with Crippen LogP contribution in [0.1, 0.15) is 24.1 Å². The summed E-state index contributed by atoms with van der Waals surface area (Å²) in [4.78, 5) is 4.61. The molecule has 1 aromatic carbocycles. The second-order valence-corrected chi connectivity index (χ2v) is 5.83. The molecular formula is C15H15ClN2O. The summed E-state index contributed by atoms with van der Waals surface area (Å²) in [6.07, 6.45) is 2.85. The molecular weight excluding hydrogens is 260 g/mol. The van der Waals surface area contributed by atoms with E-state index in [-0.39, 0.29) is 0 Å². The number of hydrogen-bond donors (Lipinski definition) is 1. The van der Waals surface area contributed by atoms with E-state index < -0.39 is 6.10 Å². The molecule has 0 unspecified atom stereocenters. The molecule has 0 radical (unpaired) electrons. The van der Waals surface area contributed by atoms with Gasteiger partial charge >= 0.3 is 0 Å². The summed E-state index contributed by atoms with van der Waals surface area (Å²) in [5.74, 6) is 0. The van der Waals surface area contributed by atoms with Gasteiger partial charge in [-0.05, 0) is 37.0 Å². The first kappa shape index (κ1) is 11.5. The Hall–Kier alpha value is -1.32. The van der Waals surface area contributed by atoms with Crippen LogP contribution in [0.15, 0.2) is 23.2 Å². The highest BCUT2D eigenvalue weighted by Crippen LogP contribution is 2.35. The van der Waals surface area contributed by atoms with Crippen LogP contribution in [0.2, 0.25) is 5.02 Å². The molecule has 1 aliphatic carbocycles. The Morgan fingerprint density at radius 1 is 1.32 bits per heavy atom. The Balaban J connectivity index is 2.11. The molecule has 2 aliphatic rings. The van der Waals surface area contributed by atoms with Gasteiger partial charge in [-0.2, -0.15) is 0 Å². The van der Waals surface area contributed by atoms with Gasteiger partial charge in [-0.25, -0.2) is 0 Å². The van der Waals surface area contributed by atoms with Crippen molar-refractivity contribution in [1.82, 2.24) is 4.57 Å². The van der Waals surface area contributed by atoms with Crippen molar-refractivity contribution >= 4 is 28.2 Å². The largest absolute Gasteiger partial charge is 0.389 e. The van der Waals surface area contributed by atoms with Crippen molar-refractivity contribution in [3.05, 3.63) is 34.5 Å². The zero-order valence-electron chi connectivity index (χ0n) is 10.6. The minimum Gasteiger partial charge on any atom is -0.389 e. The van der Waals surface area contributed by atoms with Gasteiger partial charge in [-0.1, -0.05) is 17.7 Å². The molecule has 4 heteroatoms. The van der Waals surface area contributed by atoms with Gasteiger partial charge in [0.05, 0.1) is 36.1 Å². The highest BCUT2D eigenvalue weighted by Gasteiger charge is 2.27. The number of halogens is 1. The quantitative estimate of drug-likeness (QED) is 0.788. The van der Waals surface area contributed by atoms with Gasteiger partial charge in [0.15, 0.2) is 0 Å². The van der Waals surface area contributed by atoms with E-state index in [9.17, 15) is 5.11 Å². The van der Waals surface area contributed by atoms with Crippen LogP contribution >= 0.6 is 11.6 Å². The Kier molecular flexibility index (Phi) is 2.47. The first-order valence-electron chi connectivity index (χ1n) is 6.76. The molecule has 1 aliphatic heterocycles. The van der Waals surface area contributed by atoms with Gasteiger partial charge < -0.3 is 9.67 Å². The molecule has 4 rings (SSSR count). The molecule has 2 heterocycles.